The lowest BCUT2D eigenvalue weighted by Gasteiger charge is -2.22. The van der Waals surface area contributed by atoms with Gasteiger partial charge in [0.05, 0.1) is 5.41 Å². The highest BCUT2D eigenvalue weighted by Gasteiger charge is 2.31. The number of carbonyl (C=O) groups is 2. The first-order chi connectivity index (χ1) is 9.37. The molecule has 5 heteroatoms. The topological polar surface area (TPSA) is 66.4 Å². The third-order valence-electron chi connectivity index (χ3n) is 3.23. The zero-order valence-electron chi connectivity index (χ0n) is 11.5. The molecule has 1 unspecified atom stereocenters. The fraction of sp³-hybridized carbons (Fsp3) is 0.333. The van der Waals surface area contributed by atoms with E-state index in [1.807, 2.05) is 6.07 Å². The van der Waals surface area contributed by atoms with E-state index >= 15 is 0 Å². The molecule has 1 atom stereocenters. The lowest BCUT2D eigenvalue weighted by molar-refractivity contribution is -0.148. The zero-order valence-corrected chi connectivity index (χ0v) is 12.3. The maximum Gasteiger partial charge on any atom is 0.311 e. The van der Waals surface area contributed by atoms with Gasteiger partial charge in [-0.1, -0.05) is 30.7 Å². The van der Waals surface area contributed by atoms with E-state index in [0.29, 0.717) is 11.4 Å². The van der Waals surface area contributed by atoms with Crippen molar-refractivity contribution < 1.29 is 14.7 Å². The van der Waals surface area contributed by atoms with Crippen LogP contribution in [0.3, 0.4) is 0 Å². The third kappa shape index (κ3) is 4.70. The van der Waals surface area contributed by atoms with Gasteiger partial charge in [-0.25, -0.2) is 0 Å². The number of carboxylic acids is 1. The van der Waals surface area contributed by atoms with Crippen LogP contribution in [-0.2, 0) is 9.59 Å². The van der Waals surface area contributed by atoms with Gasteiger partial charge in [-0.05, 0) is 37.1 Å². The summed E-state index contributed by atoms with van der Waals surface area (Å²) >= 11 is 5.84. The summed E-state index contributed by atoms with van der Waals surface area (Å²) in [7, 11) is 0. The molecule has 0 saturated carbocycles. The monoisotopic (exact) mass is 295 g/mol. The van der Waals surface area contributed by atoms with E-state index in [9.17, 15) is 9.59 Å². The van der Waals surface area contributed by atoms with Gasteiger partial charge in [0.1, 0.15) is 0 Å². The number of hydrogen-bond acceptors (Lipinski definition) is 2. The summed E-state index contributed by atoms with van der Waals surface area (Å²) in [5.41, 5.74) is -0.135. The molecule has 1 amide bonds. The summed E-state index contributed by atoms with van der Waals surface area (Å²) in [5, 5.41) is 12.3. The molecule has 0 aliphatic heterocycles. The number of halogens is 1. The Morgan fingerprint density at radius 3 is 2.70 bits per heavy atom. The Bertz CT molecular complexity index is 528. The predicted molar refractivity (Wildman–Crippen MR) is 79.5 cm³/mol. The number of aliphatic carboxylic acids is 1. The molecule has 0 heterocycles. The van der Waals surface area contributed by atoms with Gasteiger partial charge in [0.25, 0.3) is 0 Å². The predicted octanol–water partition coefficient (Wildman–Crippen LogP) is 2.97. The Kier molecular flexibility index (Phi) is 5.77. The van der Waals surface area contributed by atoms with E-state index in [4.69, 9.17) is 16.7 Å². The number of nitrogens with one attached hydrogen (secondary N) is 1. The van der Waals surface area contributed by atoms with Gasteiger partial charge < -0.3 is 10.4 Å². The summed E-state index contributed by atoms with van der Waals surface area (Å²) in [6.07, 6.45) is 3.44. The smallest absolute Gasteiger partial charge is 0.311 e. The minimum atomic E-state index is -0.945. The standard InChI is InChI=1S/C15H18ClNO3/c1-3-15(2,14(19)20)10-17-13(18)8-7-11-5-4-6-12(16)9-11/h4-9H,3,10H2,1-2H3,(H,17,18)(H,19,20)/b8-7+. The van der Waals surface area contributed by atoms with Crippen LogP contribution >= 0.6 is 11.6 Å². The van der Waals surface area contributed by atoms with Gasteiger partial charge in [0, 0.05) is 17.6 Å². The number of benzene rings is 1. The quantitative estimate of drug-likeness (QED) is 0.793. The molecule has 0 aliphatic rings. The maximum atomic E-state index is 11.7. The highest BCUT2D eigenvalue weighted by atomic mass is 35.5. The third-order valence-corrected chi connectivity index (χ3v) is 3.46. The molecule has 0 spiro atoms. The van der Waals surface area contributed by atoms with Crippen LogP contribution in [0.1, 0.15) is 25.8 Å². The molecule has 0 aliphatic carbocycles. The molecule has 108 valence electrons. The summed E-state index contributed by atoms with van der Waals surface area (Å²) in [6, 6.07) is 7.10. The fourth-order valence-electron chi connectivity index (χ4n) is 1.48. The highest BCUT2D eigenvalue weighted by Crippen LogP contribution is 2.19. The molecule has 0 saturated heterocycles. The Morgan fingerprint density at radius 1 is 1.45 bits per heavy atom. The van der Waals surface area contributed by atoms with Crippen molar-refractivity contribution in [1.29, 1.82) is 0 Å². The molecular weight excluding hydrogens is 278 g/mol. The SMILES string of the molecule is CCC(C)(CNC(=O)/C=C/c1cccc(Cl)c1)C(=O)O. The van der Waals surface area contributed by atoms with Crippen molar-refractivity contribution in [1.82, 2.24) is 5.32 Å². The molecule has 0 radical (unpaired) electrons. The van der Waals surface area contributed by atoms with E-state index in [0.717, 1.165) is 5.56 Å². The van der Waals surface area contributed by atoms with Crippen LogP contribution in [0, 0.1) is 5.41 Å². The zero-order chi connectivity index (χ0) is 15.2. The Labute approximate surface area is 123 Å². The van der Waals surface area contributed by atoms with Crippen molar-refractivity contribution in [3.05, 3.63) is 40.9 Å². The fourth-order valence-corrected chi connectivity index (χ4v) is 1.67. The van der Waals surface area contributed by atoms with Gasteiger partial charge in [0.15, 0.2) is 0 Å². The normalized spacial score (nSPS) is 13.9. The Hall–Kier alpha value is -1.81. The maximum absolute atomic E-state index is 11.7. The molecule has 0 bridgehead atoms. The first-order valence-electron chi connectivity index (χ1n) is 6.32. The number of carbonyl (C=O) groups excluding carboxylic acids is 1. The number of rotatable bonds is 6. The van der Waals surface area contributed by atoms with Crippen LogP contribution in [0.4, 0.5) is 0 Å². The van der Waals surface area contributed by atoms with Gasteiger partial charge in [-0.15, -0.1) is 0 Å². The molecule has 0 aromatic heterocycles. The molecule has 2 N–H and O–H groups in total. The lowest BCUT2D eigenvalue weighted by Crippen LogP contribution is -2.40. The summed E-state index contributed by atoms with van der Waals surface area (Å²) in [5.74, 6) is -1.25. The number of hydrogen-bond donors (Lipinski definition) is 2. The van der Waals surface area contributed by atoms with Crippen LogP contribution in [0.5, 0.6) is 0 Å². The lowest BCUT2D eigenvalue weighted by atomic mass is 9.88. The van der Waals surface area contributed by atoms with Crippen molar-refractivity contribution in [3.63, 3.8) is 0 Å². The molecule has 1 aromatic carbocycles. The second-order valence-electron chi connectivity index (χ2n) is 4.83. The van der Waals surface area contributed by atoms with Crippen molar-refractivity contribution >= 4 is 29.6 Å². The van der Waals surface area contributed by atoms with Gasteiger partial charge in [-0.2, -0.15) is 0 Å². The van der Waals surface area contributed by atoms with E-state index in [1.54, 1.807) is 38.1 Å². The second-order valence-corrected chi connectivity index (χ2v) is 5.26. The van der Waals surface area contributed by atoms with Crippen molar-refractivity contribution in [2.75, 3.05) is 6.54 Å². The first-order valence-corrected chi connectivity index (χ1v) is 6.70. The van der Waals surface area contributed by atoms with E-state index in [-0.39, 0.29) is 12.5 Å². The van der Waals surface area contributed by atoms with Gasteiger partial charge >= 0.3 is 5.97 Å². The van der Waals surface area contributed by atoms with Crippen LogP contribution in [0.2, 0.25) is 5.02 Å². The minimum Gasteiger partial charge on any atom is -0.481 e. The van der Waals surface area contributed by atoms with Crippen LogP contribution in [0.15, 0.2) is 30.3 Å². The van der Waals surface area contributed by atoms with E-state index in [2.05, 4.69) is 5.32 Å². The number of carboxylic acid groups (broad SMARTS) is 1. The molecule has 1 aromatic rings. The average molecular weight is 296 g/mol. The van der Waals surface area contributed by atoms with Crippen molar-refractivity contribution in [2.45, 2.75) is 20.3 Å². The molecule has 20 heavy (non-hydrogen) atoms. The largest absolute Gasteiger partial charge is 0.481 e. The summed E-state index contributed by atoms with van der Waals surface area (Å²) in [4.78, 5) is 22.8. The average Bonchev–Trinajstić information content (AvgIpc) is 2.42. The van der Waals surface area contributed by atoms with E-state index in [1.165, 1.54) is 6.08 Å². The molecule has 4 nitrogen and oxygen atoms in total. The highest BCUT2D eigenvalue weighted by molar-refractivity contribution is 6.30. The summed E-state index contributed by atoms with van der Waals surface area (Å²) < 4.78 is 0. The molecule has 1 rings (SSSR count). The first kappa shape index (κ1) is 16.2. The molecular formula is C15H18ClNO3. The van der Waals surface area contributed by atoms with Gasteiger partial charge in [0.2, 0.25) is 5.91 Å². The Morgan fingerprint density at radius 2 is 2.15 bits per heavy atom. The van der Waals surface area contributed by atoms with Gasteiger partial charge in [-0.3, -0.25) is 9.59 Å². The second kappa shape index (κ2) is 7.10. The minimum absolute atomic E-state index is 0.0948. The van der Waals surface area contributed by atoms with Crippen LogP contribution < -0.4 is 5.32 Å². The van der Waals surface area contributed by atoms with Crippen LogP contribution in [0.25, 0.3) is 6.08 Å². The molecule has 0 fully saturated rings. The Balaban J connectivity index is 2.58. The van der Waals surface area contributed by atoms with E-state index < -0.39 is 11.4 Å². The van der Waals surface area contributed by atoms with Crippen molar-refractivity contribution in [2.24, 2.45) is 5.41 Å². The van der Waals surface area contributed by atoms with Crippen molar-refractivity contribution in [3.8, 4) is 0 Å². The van der Waals surface area contributed by atoms with Crippen LogP contribution in [-0.4, -0.2) is 23.5 Å². The summed E-state index contributed by atoms with van der Waals surface area (Å²) in [6.45, 7) is 3.48. The number of amides is 1.